The molecule has 0 aromatic carbocycles. The number of hydrogen-bond donors (Lipinski definition) is 1. The van der Waals surface area contributed by atoms with Gasteiger partial charge in [0.1, 0.15) is 0 Å². The molecule has 0 heterocycles. The van der Waals surface area contributed by atoms with E-state index < -0.39 is 5.97 Å². The zero-order valence-electron chi connectivity index (χ0n) is 8.96. The first-order valence-corrected chi connectivity index (χ1v) is 4.71. The summed E-state index contributed by atoms with van der Waals surface area (Å²) in [7, 11) is 0. The van der Waals surface area contributed by atoms with Gasteiger partial charge in [0.25, 0.3) is 0 Å². The summed E-state index contributed by atoms with van der Waals surface area (Å²) in [5.41, 5.74) is -0.136. The van der Waals surface area contributed by atoms with Gasteiger partial charge in [0.2, 0.25) is 0 Å². The van der Waals surface area contributed by atoms with E-state index in [1.807, 2.05) is 27.7 Å². The molecule has 78 valence electrons. The zero-order chi connectivity index (χ0) is 10.5. The molecule has 0 aliphatic rings. The number of carboxylic acid groups (broad SMARTS) is 1. The van der Waals surface area contributed by atoms with Gasteiger partial charge in [-0.05, 0) is 40.5 Å². The zero-order valence-corrected chi connectivity index (χ0v) is 8.96. The lowest BCUT2D eigenvalue weighted by Gasteiger charge is -2.24. The number of rotatable bonds is 5. The molecule has 13 heavy (non-hydrogen) atoms. The minimum atomic E-state index is -0.733. The third kappa shape index (κ3) is 9.34. The molecule has 1 unspecified atom stereocenters. The van der Waals surface area contributed by atoms with Gasteiger partial charge in [0.05, 0.1) is 11.7 Å². The Labute approximate surface area is 80.1 Å². The first kappa shape index (κ1) is 12.4. The summed E-state index contributed by atoms with van der Waals surface area (Å²) in [6, 6.07) is 0. The Hall–Kier alpha value is -0.570. The molecule has 0 saturated carbocycles. The SMILES string of the molecule is CC(CCCC(=O)O)OC(C)(C)C. The van der Waals surface area contributed by atoms with Crippen molar-refractivity contribution in [2.24, 2.45) is 0 Å². The van der Waals surface area contributed by atoms with E-state index in [-0.39, 0.29) is 18.1 Å². The smallest absolute Gasteiger partial charge is 0.303 e. The van der Waals surface area contributed by atoms with Crippen LogP contribution in [0, 0.1) is 0 Å². The predicted octanol–water partition coefficient (Wildman–Crippen LogP) is 2.44. The third-order valence-corrected chi connectivity index (χ3v) is 1.56. The molecule has 3 heteroatoms. The Kier molecular flexibility index (Phi) is 4.99. The average molecular weight is 188 g/mol. The van der Waals surface area contributed by atoms with Crippen molar-refractivity contribution in [3.8, 4) is 0 Å². The third-order valence-electron chi connectivity index (χ3n) is 1.56. The standard InChI is InChI=1S/C10H20O3/c1-8(13-10(2,3)4)6-5-7-9(11)12/h8H,5-7H2,1-4H3,(H,11,12). The van der Waals surface area contributed by atoms with Crippen LogP contribution in [0.3, 0.4) is 0 Å². The van der Waals surface area contributed by atoms with Crippen molar-refractivity contribution in [3.05, 3.63) is 0 Å². The summed E-state index contributed by atoms with van der Waals surface area (Å²) in [4.78, 5) is 10.2. The van der Waals surface area contributed by atoms with Gasteiger partial charge in [0.15, 0.2) is 0 Å². The van der Waals surface area contributed by atoms with Gasteiger partial charge in [-0.2, -0.15) is 0 Å². The molecule has 1 N–H and O–H groups in total. The molecule has 0 aromatic heterocycles. The molecule has 0 saturated heterocycles. The summed E-state index contributed by atoms with van der Waals surface area (Å²) in [6.07, 6.45) is 1.87. The first-order valence-electron chi connectivity index (χ1n) is 4.71. The molecule has 0 bridgehead atoms. The molecule has 3 nitrogen and oxygen atoms in total. The molecule has 1 atom stereocenters. The average Bonchev–Trinajstić information content (AvgIpc) is 1.81. The quantitative estimate of drug-likeness (QED) is 0.720. The number of hydrogen-bond acceptors (Lipinski definition) is 2. The van der Waals surface area contributed by atoms with E-state index in [2.05, 4.69) is 0 Å². The highest BCUT2D eigenvalue weighted by atomic mass is 16.5. The second-order valence-corrected chi connectivity index (χ2v) is 4.33. The largest absolute Gasteiger partial charge is 0.481 e. The Morgan fingerprint density at radius 2 is 2.00 bits per heavy atom. The molecule has 0 amide bonds. The van der Waals surface area contributed by atoms with E-state index >= 15 is 0 Å². The molecular weight excluding hydrogens is 168 g/mol. The van der Waals surface area contributed by atoms with Crippen LogP contribution in [0.4, 0.5) is 0 Å². The Balaban J connectivity index is 3.52. The number of carbonyl (C=O) groups is 1. The van der Waals surface area contributed by atoms with Crippen molar-refractivity contribution in [2.45, 2.75) is 58.7 Å². The second-order valence-electron chi connectivity index (χ2n) is 4.33. The van der Waals surface area contributed by atoms with Gasteiger partial charge in [-0.1, -0.05) is 0 Å². The van der Waals surface area contributed by atoms with Gasteiger partial charge in [-0.15, -0.1) is 0 Å². The summed E-state index contributed by atoms with van der Waals surface area (Å²) >= 11 is 0. The molecule has 0 aromatic rings. The van der Waals surface area contributed by atoms with Crippen LogP contribution < -0.4 is 0 Å². The Bertz CT molecular complexity index is 158. The maximum absolute atomic E-state index is 10.2. The highest BCUT2D eigenvalue weighted by Crippen LogP contribution is 2.14. The molecule has 0 fully saturated rings. The molecular formula is C10H20O3. The summed E-state index contributed by atoms with van der Waals surface area (Å²) in [5.74, 6) is -0.733. The fraction of sp³-hybridized carbons (Fsp3) is 0.900. The first-order chi connectivity index (χ1) is 5.81. The van der Waals surface area contributed by atoms with Crippen LogP contribution in [0.5, 0.6) is 0 Å². The van der Waals surface area contributed by atoms with E-state index in [4.69, 9.17) is 9.84 Å². The highest BCUT2D eigenvalue weighted by molar-refractivity contribution is 5.66. The maximum Gasteiger partial charge on any atom is 0.303 e. The van der Waals surface area contributed by atoms with Crippen LogP contribution in [0.25, 0.3) is 0 Å². The molecule has 0 aliphatic heterocycles. The lowest BCUT2D eigenvalue weighted by atomic mass is 10.1. The predicted molar refractivity (Wildman–Crippen MR) is 51.8 cm³/mol. The topological polar surface area (TPSA) is 46.5 Å². The van der Waals surface area contributed by atoms with Crippen LogP contribution >= 0.6 is 0 Å². The molecule has 0 aliphatic carbocycles. The fourth-order valence-corrected chi connectivity index (χ4v) is 1.20. The Morgan fingerprint density at radius 1 is 1.46 bits per heavy atom. The number of carboxylic acids is 1. The van der Waals surface area contributed by atoms with Gasteiger partial charge in [0, 0.05) is 6.42 Å². The van der Waals surface area contributed by atoms with Crippen molar-refractivity contribution < 1.29 is 14.6 Å². The van der Waals surface area contributed by atoms with Gasteiger partial charge in [-0.25, -0.2) is 0 Å². The lowest BCUT2D eigenvalue weighted by Crippen LogP contribution is -2.25. The number of aliphatic carboxylic acids is 1. The maximum atomic E-state index is 10.2. The van der Waals surface area contributed by atoms with Gasteiger partial charge >= 0.3 is 5.97 Å². The minimum Gasteiger partial charge on any atom is -0.481 e. The van der Waals surface area contributed by atoms with E-state index in [1.165, 1.54) is 0 Å². The van der Waals surface area contributed by atoms with Crippen LogP contribution in [-0.2, 0) is 9.53 Å². The second kappa shape index (κ2) is 5.22. The highest BCUT2D eigenvalue weighted by Gasteiger charge is 2.14. The lowest BCUT2D eigenvalue weighted by molar-refractivity contribution is -0.137. The molecule has 0 spiro atoms. The van der Waals surface area contributed by atoms with E-state index in [9.17, 15) is 4.79 Å². The van der Waals surface area contributed by atoms with E-state index in [0.29, 0.717) is 6.42 Å². The monoisotopic (exact) mass is 188 g/mol. The van der Waals surface area contributed by atoms with E-state index in [1.54, 1.807) is 0 Å². The van der Waals surface area contributed by atoms with Crippen LogP contribution in [0.2, 0.25) is 0 Å². The van der Waals surface area contributed by atoms with Crippen molar-refractivity contribution in [3.63, 3.8) is 0 Å². The van der Waals surface area contributed by atoms with Crippen molar-refractivity contribution in [1.82, 2.24) is 0 Å². The van der Waals surface area contributed by atoms with Crippen LogP contribution in [-0.4, -0.2) is 22.8 Å². The number of ether oxygens (including phenoxy) is 1. The van der Waals surface area contributed by atoms with Crippen molar-refractivity contribution in [2.75, 3.05) is 0 Å². The summed E-state index contributed by atoms with van der Waals surface area (Å²) in [5, 5.41) is 8.42. The molecule has 0 radical (unpaired) electrons. The Morgan fingerprint density at radius 3 is 2.38 bits per heavy atom. The fourth-order valence-electron chi connectivity index (χ4n) is 1.20. The van der Waals surface area contributed by atoms with Gasteiger partial charge in [-0.3, -0.25) is 4.79 Å². The summed E-state index contributed by atoms with van der Waals surface area (Å²) < 4.78 is 5.63. The molecule has 0 rings (SSSR count). The minimum absolute atomic E-state index is 0.136. The van der Waals surface area contributed by atoms with Crippen LogP contribution in [0.15, 0.2) is 0 Å². The summed E-state index contributed by atoms with van der Waals surface area (Å²) in [6.45, 7) is 7.98. The van der Waals surface area contributed by atoms with Gasteiger partial charge < -0.3 is 9.84 Å². The van der Waals surface area contributed by atoms with Crippen LogP contribution in [0.1, 0.15) is 47.0 Å². The van der Waals surface area contributed by atoms with Crippen molar-refractivity contribution in [1.29, 1.82) is 0 Å². The normalized spacial score (nSPS) is 14.2. The van der Waals surface area contributed by atoms with E-state index in [0.717, 1.165) is 6.42 Å². The van der Waals surface area contributed by atoms with Crippen molar-refractivity contribution >= 4 is 5.97 Å².